The molecule has 0 amide bonds. The van der Waals surface area contributed by atoms with Crippen molar-refractivity contribution in [3.05, 3.63) is 59.5 Å². The molecule has 0 aliphatic carbocycles. The quantitative estimate of drug-likeness (QED) is 0.594. The summed E-state index contributed by atoms with van der Waals surface area (Å²) in [7, 11) is 1.83. The number of benzene rings is 2. The van der Waals surface area contributed by atoms with Gasteiger partial charge in [0, 0.05) is 18.0 Å². The molecule has 0 fully saturated rings. The highest BCUT2D eigenvalue weighted by atomic mass is 19.1. The first-order valence-corrected chi connectivity index (χ1v) is 6.55. The number of carbonyl (C=O) groups excluding carboxylic acids is 1. The largest absolute Gasteiger partial charge is 0.396 e. The molecule has 5 heteroatoms. The van der Waals surface area contributed by atoms with Crippen LogP contribution >= 0.6 is 0 Å². The van der Waals surface area contributed by atoms with Crippen LogP contribution in [0.2, 0.25) is 0 Å². The zero-order valence-corrected chi connectivity index (χ0v) is 11.5. The predicted molar refractivity (Wildman–Crippen MR) is 79.6 cm³/mol. The van der Waals surface area contributed by atoms with Gasteiger partial charge in [0.25, 0.3) is 0 Å². The van der Waals surface area contributed by atoms with E-state index in [1.807, 2.05) is 31.3 Å². The van der Waals surface area contributed by atoms with Crippen molar-refractivity contribution in [3.8, 4) is 0 Å². The molecule has 2 aromatic carbocycles. The Kier molecular flexibility index (Phi) is 3.17. The minimum atomic E-state index is -0.577. The number of halogens is 1. The first kappa shape index (κ1) is 13.3. The van der Waals surface area contributed by atoms with Crippen molar-refractivity contribution in [3.63, 3.8) is 0 Å². The lowest BCUT2D eigenvalue weighted by Gasteiger charge is -2.02. The minimum absolute atomic E-state index is 0.0369. The molecule has 1 heterocycles. The molecule has 1 aromatic heterocycles. The van der Waals surface area contributed by atoms with Crippen LogP contribution in [0.3, 0.4) is 0 Å². The molecule has 3 aromatic rings. The van der Waals surface area contributed by atoms with Gasteiger partial charge in [-0.2, -0.15) is 5.10 Å². The molecule has 0 aliphatic heterocycles. The molecule has 0 atom stereocenters. The molecule has 4 nitrogen and oxygen atoms in total. The zero-order valence-electron chi connectivity index (χ0n) is 11.5. The van der Waals surface area contributed by atoms with Crippen LogP contribution in [0.4, 0.5) is 10.1 Å². The van der Waals surface area contributed by atoms with Crippen LogP contribution in [0.25, 0.3) is 10.9 Å². The smallest absolute Gasteiger partial charge is 0.169 e. The molecule has 0 saturated carbocycles. The summed E-state index contributed by atoms with van der Waals surface area (Å²) in [6.07, 6.45) is 0.130. The molecule has 21 heavy (non-hydrogen) atoms. The van der Waals surface area contributed by atoms with Gasteiger partial charge < -0.3 is 5.73 Å². The van der Waals surface area contributed by atoms with Crippen molar-refractivity contribution in [1.29, 1.82) is 0 Å². The third-order valence-corrected chi connectivity index (χ3v) is 3.48. The number of nitrogens with zero attached hydrogens (tertiary/aromatic N) is 2. The number of ketones is 1. The maximum Gasteiger partial charge on any atom is 0.169 e. The number of nitrogen functional groups attached to an aromatic ring is 1. The lowest BCUT2D eigenvalue weighted by atomic mass is 10.0. The van der Waals surface area contributed by atoms with E-state index in [9.17, 15) is 9.18 Å². The van der Waals surface area contributed by atoms with Crippen molar-refractivity contribution in [2.45, 2.75) is 6.42 Å². The van der Waals surface area contributed by atoms with Crippen molar-refractivity contribution >= 4 is 22.4 Å². The summed E-state index contributed by atoms with van der Waals surface area (Å²) in [4.78, 5) is 12.3. The van der Waals surface area contributed by atoms with Crippen molar-refractivity contribution < 1.29 is 9.18 Å². The summed E-state index contributed by atoms with van der Waals surface area (Å²) in [5.41, 5.74) is 7.41. The van der Waals surface area contributed by atoms with Crippen molar-refractivity contribution in [2.24, 2.45) is 7.05 Å². The number of anilines is 1. The Morgan fingerprint density at radius 1 is 1.29 bits per heavy atom. The summed E-state index contributed by atoms with van der Waals surface area (Å²) in [6, 6.07) is 11.8. The van der Waals surface area contributed by atoms with Crippen molar-refractivity contribution in [1.82, 2.24) is 9.78 Å². The zero-order chi connectivity index (χ0) is 15.0. The lowest BCUT2D eigenvalue weighted by Crippen LogP contribution is -2.06. The van der Waals surface area contributed by atoms with Gasteiger partial charge in [-0.1, -0.05) is 18.2 Å². The van der Waals surface area contributed by atoms with Gasteiger partial charge >= 0.3 is 0 Å². The second-order valence-electron chi connectivity index (χ2n) is 4.92. The highest BCUT2D eigenvalue weighted by molar-refractivity contribution is 5.99. The molecule has 0 bridgehead atoms. The third kappa shape index (κ3) is 2.38. The normalized spacial score (nSPS) is 11.0. The number of carbonyl (C=O) groups is 1. The highest BCUT2D eigenvalue weighted by Gasteiger charge is 2.14. The van der Waals surface area contributed by atoms with Crippen LogP contribution in [0.1, 0.15) is 16.1 Å². The SMILES string of the molecule is Cn1nc(CC(=O)c2ccc(N)c(F)c2)c2ccccc21. The Morgan fingerprint density at radius 2 is 2.05 bits per heavy atom. The Balaban J connectivity index is 1.94. The fraction of sp³-hybridized carbons (Fsp3) is 0.125. The van der Waals surface area contributed by atoms with Crippen molar-refractivity contribution in [2.75, 3.05) is 5.73 Å². The Labute approximate surface area is 121 Å². The van der Waals surface area contributed by atoms with Crippen LogP contribution in [-0.2, 0) is 13.5 Å². The number of nitrogens with two attached hydrogens (primary N) is 1. The predicted octanol–water partition coefficient (Wildman–Crippen LogP) is 2.72. The molecule has 3 rings (SSSR count). The monoisotopic (exact) mass is 283 g/mol. The lowest BCUT2D eigenvalue weighted by molar-refractivity contribution is 0.0991. The molecule has 106 valence electrons. The van der Waals surface area contributed by atoms with E-state index in [-0.39, 0.29) is 17.9 Å². The van der Waals surface area contributed by atoms with Gasteiger partial charge in [-0.15, -0.1) is 0 Å². The van der Waals surface area contributed by atoms with Crippen LogP contribution in [-0.4, -0.2) is 15.6 Å². The van der Waals surface area contributed by atoms with Crippen LogP contribution in [0, 0.1) is 5.82 Å². The number of para-hydroxylation sites is 1. The summed E-state index contributed by atoms with van der Waals surface area (Å²) in [5.74, 6) is -0.760. The third-order valence-electron chi connectivity index (χ3n) is 3.48. The number of rotatable bonds is 3. The molecule has 0 saturated heterocycles. The fourth-order valence-corrected chi connectivity index (χ4v) is 2.37. The number of aromatic nitrogens is 2. The molecular formula is C16H14FN3O. The molecule has 0 radical (unpaired) electrons. The fourth-order valence-electron chi connectivity index (χ4n) is 2.37. The van der Waals surface area contributed by atoms with E-state index >= 15 is 0 Å². The molecule has 0 aliphatic rings. The van der Waals surface area contributed by atoms with Crippen LogP contribution < -0.4 is 5.73 Å². The topological polar surface area (TPSA) is 60.9 Å². The van der Waals surface area contributed by atoms with E-state index in [2.05, 4.69) is 5.10 Å². The minimum Gasteiger partial charge on any atom is -0.396 e. The average molecular weight is 283 g/mol. The van der Waals surface area contributed by atoms with Gasteiger partial charge in [0.1, 0.15) is 5.82 Å². The van der Waals surface area contributed by atoms with E-state index in [0.29, 0.717) is 11.3 Å². The van der Waals surface area contributed by atoms with Gasteiger partial charge in [0.15, 0.2) is 5.78 Å². The average Bonchev–Trinajstić information content (AvgIpc) is 2.79. The van der Waals surface area contributed by atoms with E-state index in [1.54, 1.807) is 4.68 Å². The summed E-state index contributed by atoms with van der Waals surface area (Å²) >= 11 is 0. The molecule has 0 unspecified atom stereocenters. The first-order valence-electron chi connectivity index (χ1n) is 6.55. The Hall–Kier alpha value is -2.69. The first-order chi connectivity index (χ1) is 10.1. The van der Waals surface area contributed by atoms with E-state index in [0.717, 1.165) is 10.9 Å². The molecule has 2 N–H and O–H groups in total. The number of hydrogen-bond donors (Lipinski definition) is 1. The summed E-state index contributed by atoms with van der Waals surface area (Å²) in [6.45, 7) is 0. The van der Waals surface area contributed by atoms with Gasteiger partial charge in [0.2, 0.25) is 0 Å². The summed E-state index contributed by atoms with van der Waals surface area (Å²) in [5, 5.41) is 5.31. The molecule has 0 spiro atoms. The number of Topliss-reactive ketones (excluding diaryl/α,β-unsaturated/α-hetero) is 1. The van der Waals surface area contributed by atoms with Gasteiger partial charge in [0.05, 0.1) is 23.3 Å². The van der Waals surface area contributed by atoms with E-state index < -0.39 is 5.82 Å². The highest BCUT2D eigenvalue weighted by Crippen LogP contribution is 2.20. The van der Waals surface area contributed by atoms with Gasteiger partial charge in [-0.25, -0.2) is 4.39 Å². The maximum atomic E-state index is 13.4. The maximum absolute atomic E-state index is 13.4. The molecular weight excluding hydrogens is 269 g/mol. The second kappa shape index (κ2) is 5.01. The Bertz CT molecular complexity index is 839. The number of hydrogen-bond acceptors (Lipinski definition) is 3. The number of aryl methyl sites for hydroxylation is 1. The standard InChI is InChI=1S/C16H14FN3O/c1-20-15-5-3-2-4-11(15)14(19-20)9-16(21)10-6-7-13(18)12(17)8-10/h2-8H,9,18H2,1H3. The summed E-state index contributed by atoms with van der Waals surface area (Å²) < 4.78 is 15.2. The second-order valence-corrected chi connectivity index (χ2v) is 4.92. The van der Waals surface area contributed by atoms with Crippen LogP contribution in [0.15, 0.2) is 42.5 Å². The van der Waals surface area contributed by atoms with E-state index in [4.69, 9.17) is 5.73 Å². The van der Waals surface area contributed by atoms with Crippen LogP contribution in [0.5, 0.6) is 0 Å². The van der Waals surface area contributed by atoms with Gasteiger partial charge in [-0.3, -0.25) is 9.48 Å². The Morgan fingerprint density at radius 3 is 2.81 bits per heavy atom. The van der Waals surface area contributed by atoms with Gasteiger partial charge in [-0.05, 0) is 24.3 Å². The number of fused-ring (bicyclic) bond motifs is 1. The van der Waals surface area contributed by atoms with E-state index in [1.165, 1.54) is 18.2 Å².